The number of alkyl halides is 3. The average Bonchev–Trinajstić information content (AvgIpc) is 2.34. The van der Waals surface area contributed by atoms with Crippen LogP contribution >= 0.6 is 0 Å². The summed E-state index contributed by atoms with van der Waals surface area (Å²) in [5, 5.41) is -0.0459. The van der Waals surface area contributed by atoms with Crippen molar-refractivity contribution in [1.29, 1.82) is 0 Å². The number of H-pyrrole nitrogens is 1. The van der Waals surface area contributed by atoms with Crippen LogP contribution in [0.4, 0.5) is 13.2 Å². The van der Waals surface area contributed by atoms with Gasteiger partial charge in [0.2, 0.25) is 0 Å². The highest BCUT2D eigenvalue weighted by molar-refractivity contribution is 7.84. The van der Waals surface area contributed by atoms with Crippen LogP contribution in [-0.2, 0) is 17.0 Å². The number of hydrogen-bond donors (Lipinski definition) is 1. The Balaban J connectivity index is 3.07. The molecule has 1 heterocycles. The van der Waals surface area contributed by atoms with Gasteiger partial charge in [-0.2, -0.15) is 13.2 Å². The van der Waals surface area contributed by atoms with Crippen molar-refractivity contribution in [3.63, 3.8) is 0 Å². The van der Waals surface area contributed by atoms with Crippen molar-refractivity contribution in [2.24, 2.45) is 0 Å². The lowest BCUT2D eigenvalue weighted by atomic mass is 10.1. The lowest BCUT2D eigenvalue weighted by molar-refractivity contribution is -0.136. The van der Waals surface area contributed by atoms with Gasteiger partial charge in [-0.3, -0.25) is 13.8 Å². The molecule has 0 aliphatic rings. The predicted molar refractivity (Wildman–Crippen MR) is 71.9 cm³/mol. The van der Waals surface area contributed by atoms with Crippen molar-refractivity contribution >= 4 is 27.5 Å². The first-order valence-electron chi connectivity index (χ1n) is 5.75. The van der Waals surface area contributed by atoms with Gasteiger partial charge in [0.1, 0.15) is 0 Å². The molecule has 1 aromatic heterocycles. The molecule has 0 saturated carbocycles. The SMILES string of the molecule is CC(=O)c1c(S(C)=O)c2cccc(C(F)(F)F)c2[nH]c1=O. The Hall–Kier alpha value is -1.96. The van der Waals surface area contributed by atoms with Gasteiger partial charge < -0.3 is 4.98 Å². The number of aromatic amines is 1. The second kappa shape index (κ2) is 5.10. The lowest BCUT2D eigenvalue weighted by Gasteiger charge is -2.13. The molecule has 1 atom stereocenters. The van der Waals surface area contributed by atoms with Gasteiger partial charge in [0.05, 0.1) is 32.3 Å². The summed E-state index contributed by atoms with van der Waals surface area (Å²) >= 11 is 0. The van der Waals surface area contributed by atoms with Crippen LogP contribution in [0, 0.1) is 0 Å². The molecular formula is C13H10F3NO3S. The molecule has 21 heavy (non-hydrogen) atoms. The first kappa shape index (κ1) is 15.4. The van der Waals surface area contributed by atoms with Crippen LogP contribution in [0.5, 0.6) is 0 Å². The van der Waals surface area contributed by atoms with E-state index in [0.717, 1.165) is 19.1 Å². The molecule has 0 fully saturated rings. The molecule has 1 N–H and O–H groups in total. The normalized spacial score (nSPS) is 13.4. The molecular weight excluding hydrogens is 307 g/mol. The first-order chi connectivity index (χ1) is 9.64. The first-order valence-corrected chi connectivity index (χ1v) is 7.31. The molecule has 0 aliphatic carbocycles. The summed E-state index contributed by atoms with van der Waals surface area (Å²) < 4.78 is 50.8. The van der Waals surface area contributed by atoms with Gasteiger partial charge in [-0.25, -0.2) is 0 Å². The zero-order chi connectivity index (χ0) is 15.9. The van der Waals surface area contributed by atoms with E-state index in [9.17, 15) is 27.0 Å². The van der Waals surface area contributed by atoms with Crippen LogP contribution in [0.1, 0.15) is 22.8 Å². The van der Waals surface area contributed by atoms with Crippen LogP contribution in [0.25, 0.3) is 10.9 Å². The molecule has 112 valence electrons. The number of rotatable bonds is 2. The third kappa shape index (κ3) is 2.63. The summed E-state index contributed by atoms with van der Waals surface area (Å²) in [6.45, 7) is 1.10. The van der Waals surface area contributed by atoms with Crippen molar-refractivity contribution in [3.05, 3.63) is 39.7 Å². The zero-order valence-electron chi connectivity index (χ0n) is 11.0. The fourth-order valence-corrected chi connectivity index (χ4v) is 3.15. The van der Waals surface area contributed by atoms with Crippen molar-refractivity contribution in [2.75, 3.05) is 6.26 Å². The van der Waals surface area contributed by atoms with E-state index < -0.39 is 39.4 Å². The maximum absolute atomic E-state index is 13.0. The number of fused-ring (bicyclic) bond motifs is 1. The number of nitrogens with one attached hydrogen (secondary N) is 1. The fourth-order valence-electron chi connectivity index (χ4n) is 2.14. The number of carbonyl (C=O) groups excluding carboxylic acids is 1. The fraction of sp³-hybridized carbons (Fsp3) is 0.231. The Morgan fingerprint density at radius 2 is 1.90 bits per heavy atom. The Bertz CT molecular complexity index is 824. The zero-order valence-corrected chi connectivity index (χ0v) is 11.8. The number of ketones is 1. The summed E-state index contributed by atoms with van der Waals surface area (Å²) in [5.74, 6) is -0.652. The third-order valence-corrected chi connectivity index (χ3v) is 3.95. The van der Waals surface area contributed by atoms with E-state index in [0.29, 0.717) is 0 Å². The highest BCUT2D eigenvalue weighted by Crippen LogP contribution is 2.35. The van der Waals surface area contributed by atoms with Crippen molar-refractivity contribution < 1.29 is 22.2 Å². The van der Waals surface area contributed by atoms with E-state index in [-0.39, 0.29) is 15.8 Å². The van der Waals surface area contributed by atoms with Gasteiger partial charge in [0.15, 0.2) is 5.78 Å². The highest BCUT2D eigenvalue weighted by Gasteiger charge is 2.34. The Kier molecular flexibility index (Phi) is 3.75. The van der Waals surface area contributed by atoms with Gasteiger partial charge in [-0.15, -0.1) is 0 Å². The van der Waals surface area contributed by atoms with Gasteiger partial charge in [-0.05, 0) is 13.0 Å². The van der Waals surface area contributed by atoms with E-state index >= 15 is 0 Å². The average molecular weight is 317 g/mol. The summed E-state index contributed by atoms with van der Waals surface area (Å²) in [6, 6.07) is 3.25. The summed E-state index contributed by atoms with van der Waals surface area (Å²) in [7, 11) is -1.79. The number of benzene rings is 1. The van der Waals surface area contributed by atoms with Crippen LogP contribution in [0.3, 0.4) is 0 Å². The molecule has 0 radical (unpaired) electrons. The minimum Gasteiger partial charge on any atom is -0.321 e. The van der Waals surface area contributed by atoms with E-state index in [1.165, 1.54) is 12.3 Å². The third-order valence-electron chi connectivity index (χ3n) is 2.95. The standard InChI is InChI=1S/C13H10F3NO3S/c1-6(18)9-11(21(2)20)7-4-3-5-8(13(14,15)16)10(7)17-12(9)19/h3-5H,1-2H3,(H,17,19). The predicted octanol–water partition coefficient (Wildman–Crippen LogP) is 2.49. The molecule has 0 amide bonds. The van der Waals surface area contributed by atoms with Crippen LogP contribution < -0.4 is 5.56 Å². The number of hydrogen-bond acceptors (Lipinski definition) is 3. The topological polar surface area (TPSA) is 67.0 Å². The Labute approximate surface area is 119 Å². The quantitative estimate of drug-likeness (QED) is 0.865. The van der Waals surface area contributed by atoms with Crippen LogP contribution in [0.2, 0.25) is 0 Å². The maximum atomic E-state index is 13.0. The molecule has 4 nitrogen and oxygen atoms in total. The van der Waals surface area contributed by atoms with E-state index in [2.05, 4.69) is 4.98 Å². The number of Topliss-reactive ketones (excluding diaryl/α,β-unsaturated/α-hetero) is 1. The van der Waals surface area contributed by atoms with Gasteiger partial charge >= 0.3 is 6.18 Å². The van der Waals surface area contributed by atoms with Crippen LogP contribution in [-0.4, -0.2) is 21.2 Å². The minimum atomic E-state index is -4.67. The van der Waals surface area contributed by atoms with E-state index in [4.69, 9.17) is 0 Å². The van der Waals surface area contributed by atoms with Gasteiger partial charge in [0.25, 0.3) is 5.56 Å². The van der Waals surface area contributed by atoms with E-state index in [1.807, 2.05) is 0 Å². The van der Waals surface area contributed by atoms with Gasteiger partial charge in [-0.1, -0.05) is 12.1 Å². The summed E-state index contributed by atoms with van der Waals surface area (Å²) in [6.07, 6.45) is -3.46. The molecule has 1 unspecified atom stereocenters. The minimum absolute atomic E-state index is 0.0459. The largest absolute Gasteiger partial charge is 0.418 e. The molecule has 0 spiro atoms. The molecule has 2 aromatic rings. The summed E-state index contributed by atoms with van der Waals surface area (Å²) in [4.78, 5) is 25.3. The smallest absolute Gasteiger partial charge is 0.321 e. The van der Waals surface area contributed by atoms with E-state index in [1.54, 1.807) is 0 Å². The number of pyridine rings is 1. The highest BCUT2D eigenvalue weighted by atomic mass is 32.2. The van der Waals surface area contributed by atoms with Crippen molar-refractivity contribution in [1.82, 2.24) is 4.98 Å². The molecule has 0 saturated heterocycles. The van der Waals surface area contributed by atoms with Crippen molar-refractivity contribution in [3.8, 4) is 0 Å². The molecule has 1 aromatic carbocycles. The van der Waals surface area contributed by atoms with Crippen molar-refractivity contribution in [2.45, 2.75) is 18.0 Å². The molecule has 2 rings (SSSR count). The number of aromatic nitrogens is 1. The number of halogens is 3. The molecule has 8 heteroatoms. The van der Waals surface area contributed by atoms with Crippen LogP contribution in [0.15, 0.2) is 27.9 Å². The Morgan fingerprint density at radius 1 is 1.29 bits per heavy atom. The second-order valence-corrected chi connectivity index (χ2v) is 5.71. The molecule has 0 aliphatic heterocycles. The second-order valence-electron chi connectivity index (χ2n) is 4.39. The lowest BCUT2D eigenvalue weighted by Crippen LogP contribution is -2.21. The monoisotopic (exact) mass is 317 g/mol. The maximum Gasteiger partial charge on any atom is 0.418 e. The summed E-state index contributed by atoms with van der Waals surface area (Å²) in [5.41, 5.74) is -2.86. The number of para-hydroxylation sites is 1. The number of carbonyl (C=O) groups is 1. The van der Waals surface area contributed by atoms with Gasteiger partial charge in [0, 0.05) is 11.6 Å². The molecule has 0 bridgehead atoms. The Morgan fingerprint density at radius 3 is 2.38 bits per heavy atom.